The highest BCUT2D eigenvalue weighted by Crippen LogP contribution is 2.20. The predicted octanol–water partition coefficient (Wildman–Crippen LogP) is 2.60. The first-order valence-corrected chi connectivity index (χ1v) is 9.72. The highest BCUT2D eigenvalue weighted by molar-refractivity contribution is 5.92. The van der Waals surface area contributed by atoms with E-state index in [2.05, 4.69) is 27.8 Å². The smallest absolute Gasteiger partial charge is 0.271 e. The van der Waals surface area contributed by atoms with Gasteiger partial charge in [-0.15, -0.1) is 0 Å². The number of imidazole rings is 1. The van der Waals surface area contributed by atoms with Gasteiger partial charge in [0.05, 0.1) is 6.33 Å². The number of hydrogen-bond donors (Lipinski definition) is 2. The molecule has 0 spiro atoms. The Morgan fingerprint density at radius 1 is 1.11 bits per heavy atom. The molecule has 0 radical (unpaired) electrons. The molecule has 2 atom stereocenters. The molecule has 2 amide bonds. The Labute approximate surface area is 160 Å². The molecule has 6 heteroatoms. The van der Waals surface area contributed by atoms with Crippen LogP contribution in [-0.4, -0.2) is 33.4 Å². The Balaban J connectivity index is 1.32. The third kappa shape index (κ3) is 5.94. The standard InChI is InChI=1S/C21H28N4O2/c1-25-14-19(22-15-25)21(27)24-18-12-11-17(13-18)23-20(26)10-6-5-9-16-7-3-2-4-8-16/h2-4,7-8,14-15,17-18H,5-6,9-13H2,1H3,(H,23,26)(H,24,27)/t17-,18+/m0/s1. The van der Waals surface area contributed by atoms with Crippen molar-refractivity contribution in [2.45, 2.75) is 57.0 Å². The van der Waals surface area contributed by atoms with Crippen molar-refractivity contribution in [2.75, 3.05) is 0 Å². The Morgan fingerprint density at radius 2 is 1.85 bits per heavy atom. The van der Waals surface area contributed by atoms with Gasteiger partial charge in [-0.3, -0.25) is 9.59 Å². The Hall–Kier alpha value is -2.63. The molecular weight excluding hydrogens is 340 g/mol. The maximum atomic E-state index is 12.2. The molecule has 0 saturated heterocycles. The zero-order valence-corrected chi connectivity index (χ0v) is 15.9. The predicted molar refractivity (Wildman–Crippen MR) is 104 cm³/mol. The molecule has 27 heavy (non-hydrogen) atoms. The number of carbonyl (C=O) groups excluding carboxylic acids is 2. The molecule has 0 aliphatic heterocycles. The molecular formula is C21H28N4O2. The minimum Gasteiger partial charge on any atom is -0.353 e. The van der Waals surface area contributed by atoms with Gasteiger partial charge < -0.3 is 15.2 Å². The quantitative estimate of drug-likeness (QED) is 0.703. The highest BCUT2D eigenvalue weighted by Gasteiger charge is 2.27. The van der Waals surface area contributed by atoms with Gasteiger partial charge in [-0.05, 0) is 44.1 Å². The number of hydrogen-bond acceptors (Lipinski definition) is 3. The van der Waals surface area contributed by atoms with E-state index in [9.17, 15) is 9.59 Å². The first-order chi connectivity index (χ1) is 13.1. The van der Waals surface area contributed by atoms with E-state index in [1.807, 2.05) is 25.2 Å². The Morgan fingerprint density at radius 3 is 2.56 bits per heavy atom. The van der Waals surface area contributed by atoms with Crippen LogP contribution in [0.15, 0.2) is 42.9 Å². The van der Waals surface area contributed by atoms with Gasteiger partial charge in [0.2, 0.25) is 5.91 Å². The molecule has 1 heterocycles. The lowest BCUT2D eigenvalue weighted by molar-refractivity contribution is -0.121. The molecule has 3 rings (SSSR count). The average molecular weight is 368 g/mol. The molecule has 2 aromatic rings. The highest BCUT2D eigenvalue weighted by atomic mass is 16.2. The third-order valence-electron chi connectivity index (χ3n) is 5.03. The fourth-order valence-corrected chi connectivity index (χ4v) is 3.59. The molecule has 1 saturated carbocycles. The summed E-state index contributed by atoms with van der Waals surface area (Å²) in [6, 6.07) is 10.6. The van der Waals surface area contributed by atoms with Crippen molar-refractivity contribution in [3.05, 3.63) is 54.1 Å². The summed E-state index contributed by atoms with van der Waals surface area (Å²) in [5, 5.41) is 6.13. The SMILES string of the molecule is Cn1cnc(C(=O)N[C@@H]2CC[C@H](NC(=O)CCCCc3ccccc3)C2)c1. The largest absolute Gasteiger partial charge is 0.353 e. The van der Waals surface area contributed by atoms with Crippen LogP contribution in [0.1, 0.15) is 54.6 Å². The van der Waals surface area contributed by atoms with Gasteiger partial charge in [-0.1, -0.05) is 30.3 Å². The maximum absolute atomic E-state index is 12.2. The number of aryl methyl sites for hydroxylation is 2. The van der Waals surface area contributed by atoms with E-state index < -0.39 is 0 Å². The number of aromatic nitrogens is 2. The number of unbranched alkanes of at least 4 members (excludes halogenated alkanes) is 1. The maximum Gasteiger partial charge on any atom is 0.271 e. The summed E-state index contributed by atoms with van der Waals surface area (Å²) in [6.45, 7) is 0. The van der Waals surface area contributed by atoms with Crippen molar-refractivity contribution in [3.63, 3.8) is 0 Å². The zero-order chi connectivity index (χ0) is 19.1. The molecule has 144 valence electrons. The molecule has 0 unspecified atom stereocenters. The molecule has 1 aromatic carbocycles. The summed E-state index contributed by atoms with van der Waals surface area (Å²) >= 11 is 0. The van der Waals surface area contributed by atoms with E-state index in [1.165, 1.54) is 5.56 Å². The van der Waals surface area contributed by atoms with Gasteiger partial charge >= 0.3 is 0 Å². The van der Waals surface area contributed by atoms with Crippen LogP contribution in [0.2, 0.25) is 0 Å². The summed E-state index contributed by atoms with van der Waals surface area (Å²) in [6.07, 6.45) is 9.39. The number of benzene rings is 1. The van der Waals surface area contributed by atoms with Crippen LogP contribution < -0.4 is 10.6 Å². The van der Waals surface area contributed by atoms with Crippen LogP contribution in [0.3, 0.4) is 0 Å². The Bertz CT molecular complexity index is 757. The van der Waals surface area contributed by atoms with Crippen molar-refractivity contribution in [3.8, 4) is 0 Å². The molecule has 2 N–H and O–H groups in total. The normalized spacial score (nSPS) is 19.0. The lowest BCUT2D eigenvalue weighted by atomic mass is 10.1. The summed E-state index contributed by atoms with van der Waals surface area (Å²) in [5.41, 5.74) is 1.75. The van der Waals surface area contributed by atoms with E-state index in [0.29, 0.717) is 12.1 Å². The molecule has 1 aromatic heterocycles. The number of carbonyl (C=O) groups is 2. The number of rotatable bonds is 8. The number of nitrogens with one attached hydrogen (secondary N) is 2. The average Bonchev–Trinajstić information content (AvgIpc) is 3.28. The topological polar surface area (TPSA) is 76.0 Å². The van der Waals surface area contributed by atoms with Gasteiger partial charge in [-0.2, -0.15) is 0 Å². The fourth-order valence-electron chi connectivity index (χ4n) is 3.59. The first-order valence-electron chi connectivity index (χ1n) is 9.72. The van der Waals surface area contributed by atoms with E-state index in [0.717, 1.165) is 38.5 Å². The summed E-state index contributed by atoms with van der Waals surface area (Å²) in [5.74, 6) is -0.0294. The molecule has 0 bridgehead atoms. The summed E-state index contributed by atoms with van der Waals surface area (Å²) < 4.78 is 1.75. The lowest BCUT2D eigenvalue weighted by Gasteiger charge is -2.14. The first kappa shape index (κ1) is 19.1. The van der Waals surface area contributed by atoms with Crippen LogP contribution >= 0.6 is 0 Å². The van der Waals surface area contributed by atoms with Gasteiger partial charge in [0.15, 0.2) is 0 Å². The third-order valence-corrected chi connectivity index (χ3v) is 5.03. The van der Waals surface area contributed by atoms with Gasteiger partial charge in [-0.25, -0.2) is 4.98 Å². The fraction of sp³-hybridized carbons (Fsp3) is 0.476. The second kappa shape index (κ2) is 9.35. The van der Waals surface area contributed by atoms with E-state index >= 15 is 0 Å². The van der Waals surface area contributed by atoms with Crippen LogP contribution in [-0.2, 0) is 18.3 Å². The second-order valence-corrected chi connectivity index (χ2v) is 7.36. The summed E-state index contributed by atoms with van der Waals surface area (Å²) in [4.78, 5) is 28.4. The van der Waals surface area contributed by atoms with Gasteiger partial charge in [0.25, 0.3) is 5.91 Å². The van der Waals surface area contributed by atoms with E-state index in [-0.39, 0.29) is 23.9 Å². The van der Waals surface area contributed by atoms with Crippen LogP contribution in [0.4, 0.5) is 0 Å². The summed E-state index contributed by atoms with van der Waals surface area (Å²) in [7, 11) is 1.84. The van der Waals surface area contributed by atoms with Crippen LogP contribution in [0.5, 0.6) is 0 Å². The van der Waals surface area contributed by atoms with Gasteiger partial charge in [0.1, 0.15) is 5.69 Å². The van der Waals surface area contributed by atoms with E-state index in [1.54, 1.807) is 17.1 Å². The van der Waals surface area contributed by atoms with Crippen LogP contribution in [0, 0.1) is 0 Å². The minimum absolute atomic E-state index is 0.0999. The lowest BCUT2D eigenvalue weighted by Crippen LogP contribution is -2.37. The number of amides is 2. The monoisotopic (exact) mass is 368 g/mol. The molecule has 6 nitrogen and oxygen atoms in total. The van der Waals surface area contributed by atoms with Crippen molar-refractivity contribution in [2.24, 2.45) is 7.05 Å². The second-order valence-electron chi connectivity index (χ2n) is 7.36. The van der Waals surface area contributed by atoms with Crippen molar-refractivity contribution in [1.29, 1.82) is 0 Å². The zero-order valence-electron chi connectivity index (χ0n) is 15.9. The molecule has 1 fully saturated rings. The van der Waals surface area contributed by atoms with Crippen molar-refractivity contribution in [1.82, 2.24) is 20.2 Å². The van der Waals surface area contributed by atoms with Crippen LogP contribution in [0.25, 0.3) is 0 Å². The number of nitrogens with zero attached hydrogens (tertiary/aromatic N) is 2. The molecule has 1 aliphatic rings. The Kier molecular flexibility index (Phi) is 6.63. The van der Waals surface area contributed by atoms with Gasteiger partial charge in [0, 0.05) is 31.7 Å². The van der Waals surface area contributed by atoms with Crippen molar-refractivity contribution >= 4 is 11.8 Å². The van der Waals surface area contributed by atoms with Crippen molar-refractivity contribution < 1.29 is 9.59 Å². The minimum atomic E-state index is -0.145. The van der Waals surface area contributed by atoms with E-state index in [4.69, 9.17) is 0 Å². The molecule has 1 aliphatic carbocycles.